The molecule has 2 fully saturated rings. The number of halogens is 3. The van der Waals surface area contributed by atoms with E-state index in [0.29, 0.717) is 0 Å². The molecule has 1 aromatic heterocycles. The van der Waals surface area contributed by atoms with Crippen molar-refractivity contribution in [3.63, 3.8) is 0 Å². The minimum absolute atomic E-state index is 0.0440. The minimum atomic E-state index is -2.92. The van der Waals surface area contributed by atoms with Crippen molar-refractivity contribution in [2.45, 2.75) is 49.1 Å². The third-order valence-corrected chi connectivity index (χ3v) is 7.85. The molecule has 1 aliphatic carbocycles. The first-order valence-corrected chi connectivity index (χ1v) is 13.4. The largest absolute Gasteiger partial charge is 0.352 e. The Labute approximate surface area is 244 Å². The molecule has 2 N–H and O–H groups in total. The lowest BCUT2D eigenvalue weighted by atomic mass is 9.74. The smallest absolute Gasteiger partial charge is 0.252 e. The Kier molecular flexibility index (Phi) is 7.63. The number of carbonyl (C=O) groups is 3. The first kappa shape index (κ1) is 28.7. The maximum atomic E-state index is 14.5. The second-order valence-electron chi connectivity index (χ2n) is 10.2. The number of benzene rings is 2. The van der Waals surface area contributed by atoms with Gasteiger partial charge in [-0.25, -0.2) is 13.8 Å². The highest BCUT2D eigenvalue weighted by atomic mass is 35.5. The van der Waals surface area contributed by atoms with Gasteiger partial charge in [-0.3, -0.25) is 19.3 Å². The molecule has 1 aliphatic heterocycles. The van der Waals surface area contributed by atoms with Gasteiger partial charge in [0.15, 0.2) is 0 Å². The molecule has 12 heteroatoms. The van der Waals surface area contributed by atoms with Crippen LogP contribution >= 0.6 is 11.6 Å². The molecule has 9 nitrogen and oxygen atoms in total. The molecule has 1 unspecified atom stereocenters. The summed E-state index contributed by atoms with van der Waals surface area (Å²) in [4.78, 5) is 47.6. The second kappa shape index (κ2) is 11.2. The molecule has 0 radical (unpaired) electrons. The molecule has 212 valence electrons. The number of nitriles is 2. The van der Waals surface area contributed by atoms with Crippen molar-refractivity contribution in [1.82, 2.24) is 10.3 Å². The van der Waals surface area contributed by atoms with Crippen LogP contribution < -0.4 is 15.5 Å². The minimum Gasteiger partial charge on any atom is -0.352 e. The van der Waals surface area contributed by atoms with E-state index in [-0.39, 0.29) is 46.1 Å². The number of hydrogen-bond acceptors (Lipinski definition) is 6. The summed E-state index contributed by atoms with van der Waals surface area (Å²) in [6, 6.07) is 18.2. The van der Waals surface area contributed by atoms with Crippen LogP contribution in [0, 0.1) is 22.7 Å². The summed E-state index contributed by atoms with van der Waals surface area (Å²) in [6.07, 6.45) is -0.164. The van der Waals surface area contributed by atoms with E-state index in [2.05, 4.69) is 15.6 Å². The molecular formula is C30H23ClF2N6O3. The van der Waals surface area contributed by atoms with Crippen LogP contribution in [0.25, 0.3) is 0 Å². The number of anilines is 2. The van der Waals surface area contributed by atoms with Crippen molar-refractivity contribution >= 4 is 40.8 Å². The molecule has 1 saturated carbocycles. The number of hydrogen-bond donors (Lipinski definition) is 2. The molecular weight excluding hydrogens is 566 g/mol. The van der Waals surface area contributed by atoms with E-state index < -0.39 is 54.0 Å². The fourth-order valence-electron chi connectivity index (χ4n) is 5.58. The lowest BCUT2D eigenvalue weighted by molar-refractivity contribution is -0.136. The predicted octanol–water partition coefficient (Wildman–Crippen LogP) is 4.68. The Morgan fingerprint density at radius 1 is 1.05 bits per heavy atom. The van der Waals surface area contributed by atoms with Gasteiger partial charge in [0.2, 0.25) is 11.8 Å². The van der Waals surface area contributed by atoms with E-state index in [1.807, 2.05) is 12.1 Å². The van der Waals surface area contributed by atoms with Gasteiger partial charge in [0.05, 0.1) is 29.2 Å². The standard InChI is InChI=1S/C30H23ClF2N6O3/c31-23-7-2-1-6-22(23)26(27(41)37-21-14-29(32,33)15-21)30(28(42)38-20-5-3-4-18(12-20)16-34)10-8-25(40)39(30)24-13-19(17-35)9-11-36-24/h1-7,9,11-13,21,26H,8,10,14-15H2,(H,37,41)(H,38,42)/t26-,30?/m1/s1. The number of amides is 3. The van der Waals surface area contributed by atoms with Gasteiger partial charge in [-0.1, -0.05) is 35.9 Å². The Hall–Kier alpha value is -4.87. The first-order valence-electron chi connectivity index (χ1n) is 13.0. The maximum Gasteiger partial charge on any atom is 0.252 e. The van der Waals surface area contributed by atoms with E-state index in [0.717, 1.165) is 4.90 Å². The molecule has 3 aromatic rings. The quantitative estimate of drug-likeness (QED) is 0.411. The van der Waals surface area contributed by atoms with E-state index in [9.17, 15) is 33.7 Å². The van der Waals surface area contributed by atoms with Crippen molar-refractivity contribution in [2.75, 3.05) is 10.2 Å². The molecule has 2 heterocycles. The third kappa shape index (κ3) is 5.27. The number of alkyl halides is 2. The maximum absolute atomic E-state index is 14.5. The summed E-state index contributed by atoms with van der Waals surface area (Å²) in [7, 11) is 0. The van der Waals surface area contributed by atoms with Gasteiger partial charge in [-0.2, -0.15) is 10.5 Å². The number of nitrogens with one attached hydrogen (secondary N) is 2. The molecule has 2 aliphatic rings. The molecule has 1 saturated heterocycles. The van der Waals surface area contributed by atoms with Crippen LogP contribution in [-0.2, 0) is 14.4 Å². The average molecular weight is 589 g/mol. The Morgan fingerprint density at radius 2 is 1.76 bits per heavy atom. The Bertz CT molecular complexity index is 1660. The highest BCUT2D eigenvalue weighted by Gasteiger charge is 2.61. The van der Waals surface area contributed by atoms with E-state index in [1.54, 1.807) is 30.3 Å². The number of nitrogens with zero attached hydrogens (tertiary/aromatic N) is 4. The fourth-order valence-corrected chi connectivity index (χ4v) is 5.83. The van der Waals surface area contributed by atoms with Crippen LogP contribution in [0.1, 0.15) is 48.3 Å². The van der Waals surface area contributed by atoms with Gasteiger partial charge in [-0.15, -0.1) is 0 Å². The summed E-state index contributed by atoms with van der Waals surface area (Å²) in [5, 5.41) is 24.4. The van der Waals surface area contributed by atoms with E-state index in [1.165, 1.54) is 36.5 Å². The zero-order valence-corrected chi connectivity index (χ0v) is 22.7. The molecule has 2 atom stereocenters. The zero-order valence-electron chi connectivity index (χ0n) is 22.0. The molecule has 0 bridgehead atoms. The van der Waals surface area contributed by atoms with Crippen molar-refractivity contribution in [3.8, 4) is 12.1 Å². The van der Waals surface area contributed by atoms with Crippen molar-refractivity contribution < 1.29 is 23.2 Å². The monoisotopic (exact) mass is 588 g/mol. The van der Waals surface area contributed by atoms with Crippen LogP contribution in [0.4, 0.5) is 20.3 Å². The summed E-state index contributed by atoms with van der Waals surface area (Å²) in [5.74, 6) is -6.54. The van der Waals surface area contributed by atoms with Gasteiger partial charge in [-0.05, 0) is 48.4 Å². The summed E-state index contributed by atoms with van der Waals surface area (Å²) in [6.45, 7) is 0. The van der Waals surface area contributed by atoms with Gasteiger partial charge >= 0.3 is 0 Å². The molecule has 42 heavy (non-hydrogen) atoms. The first-order chi connectivity index (χ1) is 20.1. The van der Waals surface area contributed by atoms with Gasteiger partial charge in [0.25, 0.3) is 11.8 Å². The number of carbonyl (C=O) groups excluding carboxylic acids is 3. The summed E-state index contributed by atoms with van der Waals surface area (Å²) >= 11 is 6.59. The van der Waals surface area contributed by atoms with Crippen LogP contribution in [0.3, 0.4) is 0 Å². The number of rotatable bonds is 7. The Balaban J connectivity index is 1.70. The molecule has 0 spiro atoms. The van der Waals surface area contributed by atoms with E-state index in [4.69, 9.17) is 11.6 Å². The highest BCUT2D eigenvalue weighted by Crippen LogP contribution is 2.47. The van der Waals surface area contributed by atoms with Crippen LogP contribution in [0.15, 0.2) is 66.9 Å². The summed E-state index contributed by atoms with van der Waals surface area (Å²) in [5.41, 5.74) is -1.15. The number of aromatic nitrogens is 1. The zero-order chi connectivity index (χ0) is 30.1. The normalized spacial score (nSPS) is 20.1. The van der Waals surface area contributed by atoms with E-state index >= 15 is 0 Å². The fraction of sp³-hybridized carbons (Fsp3) is 0.267. The SMILES string of the molecule is N#Cc1cccc(NC(=O)C2([C@@H](C(=O)NC3CC(F)(F)C3)c3ccccc3Cl)CCC(=O)N2c2cc(C#N)ccn2)c1. The van der Waals surface area contributed by atoms with Crippen molar-refractivity contribution in [2.24, 2.45) is 0 Å². The topological polar surface area (TPSA) is 139 Å². The van der Waals surface area contributed by atoms with Crippen LogP contribution in [-0.4, -0.2) is 40.2 Å². The van der Waals surface area contributed by atoms with Gasteiger partial charge in [0.1, 0.15) is 11.4 Å². The van der Waals surface area contributed by atoms with Gasteiger partial charge in [0, 0.05) is 42.2 Å². The van der Waals surface area contributed by atoms with Gasteiger partial charge < -0.3 is 10.6 Å². The molecule has 2 aromatic carbocycles. The lowest BCUT2D eigenvalue weighted by Crippen LogP contribution is -2.63. The second-order valence-corrected chi connectivity index (χ2v) is 10.6. The average Bonchev–Trinajstić information content (AvgIpc) is 3.30. The third-order valence-electron chi connectivity index (χ3n) is 7.51. The predicted molar refractivity (Wildman–Crippen MR) is 148 cm³/mol. The Morgan fingerprint density at radius 3 is 2.45 bits per heavy atom. The van der Waals surface area contributed by atoms with Crippen LogP contribution in [0.5, 0.6) is 0 Å². The molecule has 3 amide bonds. The van der Waals surface area contributed by atoms with Crippen molar-refractivity contribution in [1.29, 1.82) is 10.5 Å². The summed E-state index contributed by atoms with van der Waals surface area (Å²) < 4.78 is 27.4. The van der Waals surface area contributed by atoms with Crippen LogP contribution in [0.2, 0.25) is 5.02 Å². The lowest BCUT2D eigenvalue weighted by Gasteiger charge is -2.43. The highest BCUT2D eigenvalue weighted by molar-refractivity contribution is 6.32. The molecule has 5 rings (SSSR count). The number of pyridine rings is 1. The van der Waals surface area contributed by atoms with Crippen molar-refractivity contribution in [3.05, 3.63) is 88.6 Å².